The number of aromatic nitrogens is 1. The highest BCUT2D eigenvalue weighted by atomic mass is 16.5. The molecule has 1 aliphatic carbocycles. The molecular weight excluding hydrogens is 404 g/mol. The summed E-state index contributed by atoms with van der Waals surface area (Å²) in [7, 11) is 0. The Morgan fingerprint density at radius 1 is 1.22 bits per heavy atom. The average molecular weight is 428 g/mol. The van der Waals surface area contributed by atoms with Crippen molar-refractivity contribution in [2.75, 3.05) is 13.2 Å². The Balaban J connectivity index is 1.69. The van der Waals surface area contributed by atoms with Crippen molar-refractivity contribution < 1.29 is 19.1 Å². The predicted molar refractivity (Wildman–Crippen MR) is 119 cm³/mol. The maximum Gasteiger partial charge on any atom is 0.195 e. The topological polar surface area (TPSA) is 92.2 Å². The average Bonchev–Trinajstić information content (AvgIpc) is 3.18. The number of carbonyl (C=O) groups excluding carboxylic acids is 2. The first kappa shape index (κ1) is 20.5. The molecule has 3 aromatic rings. The van der Waals surface area contributed by atoms with Crippen LogP contribution >= 0.6 is 0 Å². The molecule has 32 heavy (non-hydrogen) atoms. The molecule has 1 fully saturated rings. The molecule has 162 valence electrons. The zero-order valence-corrected chi connectivity index (χ0v) is 18.4. The molecule has 0 amide bonds. The van der Waals surface area contributed by atoms with Gasteiger partial charge in [-0.25, -0.2) is 0 Å². The number of Topliss-reactive ketones (excluding diaryl/α,β-unsaturated/α-hetero) is 1. The van der Waals surface area contributed by atoms with Crippen LogP contribution in [0.15, 0.2) is 30.3 Å². The van der Waals surface area contributed by atoms with Gasteiger partial charge in [0.05, 0.1) is 36.0 Å². The van der Waals surface area contributed by atoms with Crippen molar-refractivity contribution in [3.63, 3.8) is 0 Å². The molecule has 2 heterocycles. The number of nitriles is 1. The van der Waals surface area contributed by atoms with Gasteiger partial charge in [0, 0.05) is 40.4 Å². The van der Waals surface area contributed by atoms with E-state index in [1.807, 2.05) is 12.1 Å². The molecule has 6 nitrogen and oxygen atoms in total. The lowest BCUT2D eigenvalue weighted by Gasteiger charge is -2.33. The van der Waals surface area contributed by atoms with Gasteiger partial charge in [0.15, 0.2) is 11.6 Å². The minimum Gasteiger partial charge on any atom is -0.489 e. The SMILES string of the molecule is CC(=O)c1cc2c(cc1OC1CCOCC1)C(C)(C)c1[nH]c3cc(C#N)ccc3c1C2=O. The zero-order chi connectivity index (χ0) is 22.6. The molecule has 5 rings (SSSR count). The fraction of sp³-hybridized carbons (Fsp3) is 0.346. The van der Waals surface area contributed by atoms with Crippen LogP contribution in [-0.2, 0) is 10.2 Å². The van der Waals surface area contributed by atoms with E-state index in [0.717, 1.165) is 35.0 Å². The summed E-state index contributed by atoms with van der Waals surface area (Å²) in [5.74, 6) is 0.268. The number of carbonyl (C=O) groups is 2. The molecule has 0 spiro atoms. The molecule has 0 radical (unpaired) electrons. The van der Waals surface area contributed by atoms with Crippen molar-refractivity contribution in [2.24, 2.45) is 0 Å². The lowest BCUT2D eigenvalue weighted by molar-refractivity contribution is 0.0252. The zero-order valence-electron chi connectivity index (χ0n) is 18.4. The van der Waals surface area contributed by atoms with Gasteiger partial charge in [0.25, 0.3) is 0 Å². The standard InChI is InChI=1S/C26H24N2O4/c1-14(29)18-11-19-20(12-22(18)32-16-6-8-31-9-7-16)26(2,3)25-23(24(19)30)17-5-4-15(13-27)10-21(17)28-25/h4-5,10-12,16,28H,6-9H2,1-3H3. The third-order valence-electron chi connectivity index (χ3n) is 6.66. The minimum atomic E-state index is -0.520. The molecule has 0 atom stereocenters. The number of benzene rings is 2. The van der Waals surface area contributed by atoms with E-state index in [0.29, 0.717) is 41.2 Å². The van der Waals surface area contributed by atoms with Crippen molar-refractivity contribution in [3.05, 3.63) is 63.8 Å². The van der Waals surface area contributed by atoms with Gasteiger partial charge in [0.2, 0.25) is 0 Å². The van der Waals surface area contributed by atoms with Crippen molar-refractivity contribution in [3.8, 4) is 11.8 Å². The summed E-state index contributed by atoms with van der Waals surface area (Å²) in [5, 5.41) is 10.0. The number of aromatic amines is 1. The number of ketones is 2. The highest BCUT2D eigenvalue weighted by molar-refractivity contribution is 6.20. The fourth-order valence-corrected chi connectivity index (χ4v) is 4.87. The number of nitrogens with one attached hydrogen (secondary N) is 1. The van der Waals surface area contributed by atoms with Gasteiger partial charge < -0.3 is 14.5 Å². The monoisotopic (exact) mass is 428 g/mol. The van der Waals surface area contributed by atoms with E-state index >= 15 is 0 Å². The largest absolute Gasteiger partial charge is 0.489 e. The van der Waals surface area contributed by atoms with Gasteiger partial charge >= 0.3 is 0 Å². The molecular formula is C26H24N2O4. The third-order valence-corrected chi connectivity index (χ3v) is 6.66. The number of rotatable bonds is 3. The normalized spacial score (nSPS) is 17.5. The van der Waals surface area contributed by atoms with Gasteiger partial charge in [0.1, 0.15) is 11.9 Å². The molecule has 1 aromatic heterocycles. The number of hydrogen-bond acceptors (Lipinski definition) is 5. The van der Waals surface area contributed by atoms with Gasteiger partial charge in [-0.3, -0.25) is 9.59 Å². The van der Waals surface area contributed by atoms with Crippen LogP contribution in [0.4, 0.5) is 0 Å². The lowest BCUT2D eigenvalue weighted by atomic mass is 9.70. The summed E-state index contributed by atoms with van der Waals surface area (Å²) in [6.07, 6.45) is 1.52. The molecule has 6 heteroatoms. The second-order valence-corrected chi connectivity index (χ2v) is 9.08. The first-order valence-electron chi connectivity index (χ1n) is 10.9. The summed E-state index contributed by atoms with van der Waals surface area (Å²) < 4.78 is 11.7. The second kappa shape index (κ2) is 7.32. The Labute approximate surface area is 186 Å². The molecule has 0 saturated carbocycles. The van der Waals surface area contributed by atoms with Crippen molar-refractivity contribution in [2.45, 2.75) is 45.1 Å². The van der Waals surface area contributed by atoms with Crippen LogP contribution in [0.5, 0.6) is 5.75 Å². The molecule has 0 unspecified atom stereocenters. The van der Waals surface area contributed by atoms with Gasteiger partial charge in [-0.1, -0.05) is 19.9 Å². The van der Waals surface area contributed by atoms with E-state index in [2.05, 4.69) is 24.9 Å². The lowest BCUT2D eigenvalue weighted by Crippen LogP contribution is -2.31. The first-order valence-corrected chi connectivity index (χ1v) is 10.9. The van der Waals surface area contributed by atoms with E-state index in [4.69, 9.17) is 9.47 Å². The van der Waals surface area contributed by atoms with E-state index < -0.39 is 5.41 Å². The van der Waals surface area contributed by atoms with E-state index in [9.17, 15) is 14.9 Å². The highest BCUT2D eigenvalue weighted by Crippen LogP contribution is 2.45. The minimum absolute atomic E-state index is 0.0182. The van der Waals surface area contributed by atoms with E-state index in [1.54, 1.807) is 18.2 Å². The highest BCUT2D eigenvalue weighted by Gasteiger charge is 2.41. The maximum atomic E-state index is 13.6. The Kier molecular flexibility index (Phi) is 4.68. The summed E-state index contributed by atoms with van der Waals surface area (Å²) in [6, 6.07) is 11.0. The number of H-pyrrole nitrogens is 1. The first-order chi connectivity index (χ1) is 15.3. The van der Waals surface area contributed by atoms with Crippen molar-refractivity contribution >= 4 is 22.5 Å². The van der Waals surface area contributed by atoms with E-state index in [-0.39, 0.29) is 17.7 Å². The van der Waals surface area contributed by atoms with Crippen molar-refractivity contribution in [1.82, 2.24) is 4.98 Å². The molecule has 0 bridgehead atoms. The van der Waals surface area contributed by atoms with Gasteiger partial charge in [-0.15, -0.1) is 0 Å². The number of fused-ring (bicyclic) bond motifs is 4. The Bertz CT molecular complexity index is 1320. The smallest absolute Gasteiger partial charge is 0.195 e. The number of nitrogens with zero attached hydrogens (tertiary/aromatic N) is 1. The van der Waals surface area contributed by atoms with Crippen LogP contribution in [0.1, 0.15) is 76.7 Å². The summed E-state index contributed by atoms with van der Waals surface area (Å²) in [5.41, 5.74) is 3.97. The van der Waals surface area contributed by atoms with Gasteiger partial charge in [-0.2, -0.15) is 5.26 Å². The third kappa shape index (κ3) is 3.04. The molecule has 1 aliphatic heterocycles. The quantitative estimate of drug-likeness (QED) is 0.612. The number of hydrogen-bond donors (Lipinski definition) is 1. The van der Waals surface area contributed by atoms with Crippen LogP contribution in [0.25, 0.3) is 10.9 Å². The van der Waals surface area contributed by atoms with Crippen LogP contribution in [0.2, 0.25) is 0 Å². The Morgan fingerprint density at radius 3 is 2.66 bits per heavy atom. The fourth-order valence-electron chi connectivity index (χ4n) is 4.87. The molecule has 2 aliphatic rings. The van der Waals surface area contributed by atoms with Crippen LogP contribution in [-0.4, -0.2) is 35.9 Å². The molecule has 1 saturated heterocycles. The summed E-state index contributed by atoms with van der Waals surface area (Å²) >= 11 is 0. The molecule has 2 aromatic carbocycles. The Morgan fingerprint density at radius 2 is 1.97 bits per heavy atom. The molecule has 1 N–H and O–H groups in total. The Hall–Kier alpha value is -3.43. The number of ether oxygens (including phenoxy) is 2. The van der Waals surface area contributed by atoms with E-state index in [1.165, 1.54) is 6.92 Å². The second-order valence-electron chi connectivity index (χ2n) is 9.08. The summed E-state index contributed by atoms with van der Waals surface area (Å²) in [6.45, 7) is 6.89. The summed E-state index contributed by atoms with van der Waals surface area (Å²) in [4.78, 5) is 29.5. The maximum absolute atomic E-state index is 13.6. The van der Waals surface area contributed by atoms with Crippen LogP contribution in [0.3, 0.4) is 0 Å². The van der Waals surface area contributed by atoms with Crippen LogP contribution < -0.4 is 4.74 Å². The van der Waals surface area contributed by atoms with Gasteiger partial charge in [-0.05, 0) is 36.8 Å². The van der Waals surface area contributed by atoms with Crippen LogP contribution in [0, 0.1) is 11.3 Å². The predicted octanol–water partition coefficient (Wildman–Crippen LogP) is 4.67. The van der Waals surface area contributed by atoms with Crippen molar-refractivity contribution in [1.29, 1.82) is 5.26 Å².